The third-order valence-electron chi connectivity index (χ3n) is 1.54. The molecule has 1 atom stereocenters. The van der Waals surface area contributed by atoms with Crippen molar-refractivity contribution in [3.63, 3.8) is 0 Å². The quantitative estimate of drug-likeness (QED) is 0.697. The third kappa shape index (κ3) is 1.74. The summed E-state index contributed by atoms with van der Waals surface area (Å²) in [6.07, 6.45) is 3.04. The zero-order chi connectivity index (χ0) is 8.32. The SMILES string of the molecule is CC(O)(CF)c1cccnc1. The van der Waals surface area contributed by atoms with Crippen LogP contribution in [0.2, 0.25) is 0 Å². The van der Waals surface area contributed by atoms with Crippen LogP contribution in [0, 0.1) is 0 Å². The summed E-state index contributed by atoms with van der Waals surface area (Å²) in [6.45, 7) is 0.628. The Morgan fingerprint density at radius 1 is 1.73 bits per heavy atom. The van der Waals surface area contributed by atoms with E-state index in [0.29, 0.717) is 5.56 Å². The molecule has 3 heteroatoms. The van der Waals surface area contributed by atoms with Crippen LogP contribution >= 0.6 is 0 Å². The standard InChI is InChI=1S/C8H10FNO/c1-8(11,6-9)7-3-2-4-10-5-7/h2-5,11H,6H2,1H3. The van der Waals surface area contributed by atoms with Gasteiger partial charge in [-0.1, -0.05) is 6.07 Å². The Hall–Kier alpha value is -0.960. The van der Waals surface area contributed by atoms with Crippen LogP contribution < -0.4 is 0 Å². The molecule has 0 saturated carbocycles. The molecule has 0 fully saturated rings. The van der Waals surface area contributed by atoms with Gasteiger partial charge >= 0.3 is 0 Å². The lowest BCUT2D eigenvalue weighted by Gasteiger charge is -2.18. The van der Waals surface area contributed by atoms with Gasteiger partial charge in [-0.25, -0.2) is 4.39 Å². The van der Waals surface area contributed by atoms with Gasteiger partial charge in [0, 0.05) is 18.0 Å². The lowest BCUT2D eigenvalue weighted by molar-refractivity contribution is 0.0297. The van der Waals surface area contributed by atoms with Crippen molar-refractivity contribution in [2.45, 2.75) is 12.5 Å². The van der Waals surface area contributed by atoms with E-state index in [2.05, 4.69) is 4.98 Å². The number of rotatable bonds is 2. The van der Waals surface area contributed by atoms with Gasteiger partial charge in [0.15, 0.2) is 0 Å². The minimum Gasteiger partial charge on any atom is -0.383 e. The third-order valence-corrected chi connectivity index (χ3v) is 1.54. The molecule has 1 heterocycles. The number of hydrogen-bond donors (Lipinski definition) is 1. The Kier molecular flexibility index (Phi) is 2.19. The molecule has 11 heavy (non-hydrogen) atoms. The van der Waals surface area contributed by atoms with E-state index in [1.54, 1.807) is 18.3 Å². The van der Waals surface area contributed by atoms with Crippen molar-refractivity contribution < 1.29 is 9.50 Å². The first-order valence-electron chi connectivity index (χ1n) is 3.35. The molecule has 0 radical (unpaired) electrons. The lowest BCUT2D eigenvalue weighted by atomic mass is 10.0. The molecule has 1 N–H and O–H groups in total. The summed E-state index contributed by atoms with van der Waals surface area (Å²) in [5.41, 5.74) is -0.892. The van der Waals surface area contributed by atoms with Crippen LogP contribution in [0.5, 0.6) is 0 Å². The average Bonchev–Trinajstić information content (AvgIpc) is 2.06. The van der Waals surface area contributed by atoms with E-state index < -0.39 is 12.3 Å². The van der Waals surface area contributed by atoms with E-state index in [1.165, 1.54) is 13.1 Å². The van der Waals surface area contributed by atoms with Gasteiger partial charge < -0.3 is 5.11 Å². The normalized spacial score (nSPS) is 15.9. The Balaban J connectivity index is 2.93. The summed E-state index contributed by atoms with van der Waals surface area (Å²) in [5, 5.41) is 9.38. The Bertz CT molecular complexity index is 223. The number of alkyl halides is 1. The van der Waals surface area contributed by atoms with Gasteiger partial charge in [0.1, 0.15) is 12.3 Å². The topological polar surface area (TPSA) is 33.1 Å². The summed E-state index contributed by atoms with van der Waals surface area (Å²) in [7, 11) is 0. The highest BCUT2D eigenvalue weighted by atomic mass is 19.1. The van der Waals surface area contributed by atoms with Crippen molar-refractivity contribution in [3.8, 4) is 0 Å². The molecule has 60 valence electrons. The van der Waals surface area contributed by atoms with Gasteiger partial charge in [-0.05, 0) is 13.0 Å². The van der Waals surface area contributed by atoms with E-state index in [-0.39, 0.29) is 0 Å². The van der Waals surface area contributed by atoms with Crippen molar-refractivity contribution in [3.05, 3.63) is 30.1 Å². The molecule has 1 aromatic heterocycles. The van der Waals surface area contributed by atoms with Crippen LogP contribution in [-0.4, -0.2) is 16.8 Å². The maximum Gasteiger partial charge on any atom is 0.122 e. The predicted octanol–water partition coefficient (Wildman–Crippen LogP) is 1.26. The number of aliphatic hydroxyl groups is 1. The highest BCUT2D eigenvalue weighted by Gasteiger charge is 2.22. The van der Waals surface area contributed by atoms with Crippen molar-refractivity contribution >= 4 is 0 Å². The first kappa shape index (κ1) is 8.14. The van der Waals surface area contributed by atoms with E-state index in [4.69, 9.17) is 0 Å². The minimum absolute atomic E-state index is 0.502. The minimum atomic E-state index is -1.39. The Morgan fingerprint density at radius 2 is 2.45 bits per heavy atom. The van der Waals surface area contributed by atoms with Gasteiger partial charge in [0.05, 0.1) is 0 Å². The molecule has 1 rings (SSSR count). The fourth-order valence-electron chi connectivity index (χ4n) is 0.758. The molecule has 0 spiro atoms. The average molecular weight is 155 g/mol. The number of halogens is 1. The van der Waals surface area contributed by atoms with Crippen LogP contribution in [0.25, 0.3) is 0 Å². The van der Waals surface area contributed by atoms with Crippen LogP contribution in [0.15, 0.2) is 24.5 Å². The van der Waals surface area contributed by atoms with Crippen LogP contribution in [-0.2, 0) is 5.60 Å². The summed E-state index contributed by atoms with van der Waals surface area (Å²) >= 11 is 0. The van der Waals surface area contributed by atoms with Crippen molar-refractivity contribution in [1.82, 2.24) is 4.98 Å². The summed E-state index contributed by atoms with van der Waals surface area (Å²) in [6, 6.07) is 3.31. The highest BCUT2D eigenvalue weighted by molar-refractivity contribution is 5.16. The lowest BCUT2D eigenvalue weighted by Crippen LogP contribution is -2.23. The Morgan fingerprint density at radius 3 is 2.91 bits per heavy atom. The fourth-order valence-corrected chi connectivity index (χ4v) is 0.758. The molecule has 2 nitrogen and oxygen atoms in total. The predicted molar refractivity (Wildman–Crippen MR) is 39.8 cm³/mol. The van der Waals surface area contributed by atoms with Gasteiger partial charge in [-0.3, -0.25) is 4.98 Å². The molecule has 0 aliphatic carbocycles. The fraction of sp³-hybridized carbons (Fsp3) is 0.375. The first-order valence-corrected chi connectivity index (χ1v) is 3.35. The van der Waals surface area contributed by atoms with Crippen LogP contribution in [0.3, 0.4) is 0 Å². The van der Waals surface area contributed by atoms with Crippen molar-refractivity contribution in [1.29, 1.82) is 0 Å². The molecular weight excluding hydrogens is 145 g/mol. The largest absolute Gasteiger partial charge is 0.383 e. The maximum atomic E-state index is 12.2. The summed E-state index contributed by atoms with van der Waals surface area (Å²) < 4.78 is 12.2. The summed E-state index contributed by atoms with van der Waals surface area (Å²) in [5.74, 6) is 0. The number of nitrogens with zero attached hydrogens (tertiary/aromatic N) is 1. The second-order valence-corrected chi connectivity index (χ2v) is 2.65. The molecule has 0 amide bonds. The van der Waals surface area contributed by atoms with Gasteiger partial charge in [0.25, 0.3) is 0 Å². The van der Waals surface area contributed by atoms with Crippen LogP contribution in [0.4, 0.5) is 4.39 Å². The molecule has 0 bridgehead atoms. The Labute approximate surface area is 64.7 Å². The first-order chi connectivity index (χ1) is 5.17. The molecule has 1 unspecified atom stereocenters. The monoisotopic (exact) mass is 155 g/mol. The van der Waals surface area contributed by atoms with E-state index in [9.17, 15) is 9.50 Å². The second kappa shape index (κ2) is 2.96. The molecule has 0 saturated heterocycles. The smallest absolute Gasteiger partial charge is 0.122 e. The maximum absolute atomic E-state index is 12.2. The zero-order valence-corrected chi connectivity index (χ0v) is 6.29. The van der Waals surface area contributed by atoms with E-state index in [0.717, 1.165) is 0 Å². The molecule has 0 aliphatic heterocycles. The molecule has 0 aromatic carbocycles. The van der Waals surface area contributed by atoms with Crippen LogP contribution in [0.1, 0.15) is 12.5 Å². The van der Waals surface area contributed by atoms with Gasteiger partial charge in [-0.15, -0.1) is 0 Å². The molecule has 1 aromatic rings. The van der Waals surface area contributed by atoms with Crippen molar-refractivity contribution in [2.24, 2.45) is 0 Å². The number of hydrogen-bond acceptors (Lipinski definition) is 2. The highest BCUT2D eigenvalue weighted by Crippen LogP contribution is 2.18. The second-order valence-electron chi connectivity index (χ2n) is 2.65. The summed E-state index contributed by atoms with van der Waals surface area (Å²) in [4.78, 5) is 3.77. The molecule has 0 aliphatic rings. The number of aromatic nitrogens is 1. The van der Waals surface area contributed by atoms with Gasteiger partial charge in [0.2, 0.25) is 0 Å². The zero-order valence-electron chi connectivity index (χ0n) is 6.29. The van der Waals surface area contributed by atoms with E-state index in [1.807, 2.05) is 0 Å². The van der Waals surface area contributed by atoms with Crippen molar-refractivity contribution in [2.75, 3.05) is 6.67 Å². The molecular formula is C8H10FNO. The van der Waals surface area contributed by atoms with E-state index >= 15 is 0 Å². The number of pyridine rings is 1. The van der Waals surface area contributed by atoms with Gasteiger partial charge in [-0.2, -0.15) is 0 Å².